The summed E-state index contributed by atoms with van der Waals surface area (Å²) in [5.41, 5.74) is -0.858. The van der Waals surface area contributed by atoms with Crippen LogP contribution in [0.1, 0.15) is 16.8 Å². The lowest BCUT2D eigenvalue weighted by atomic mass is 10.1. The van der Waals surface area contributed by atoms with Crippen molar-refractivity contribution in [2.75, 3.05) is 0 Å². The lowest BCUT2D eigenvalue weighted by Crippen LogP contribution is -2.09. The van der Waals surface area contributed by atoms with Gasteiger partial charge in [0.15, 0.2) is 0 Å². The van der Waals surface area contributed by atoms with Crippen LogP contribution in [0.4, 0.5) is 13.2 Å². The topological polar surface area (TPSA) is 58.8 Å². The molecule has 1 aromatic heterocycles. The number of nitrogens with zero attached hydrogens (tertiary/aromatic N) is 3. The second-order valence-corrected chi connectivity index (χ2v) is 4.96. The van der Waals surface area contributed by atoms with Gasteiger partial charge in [-0.25, -0.2) is 0 Å². The summed E-state index contributed by atoms with van der Waals surface area (Å²) < 4.78 is 47.5. The van der Waals surface area contributed by atoms with Gasteiger partial charge in [-0.05, 0) is 18.2 Å². The Kier molecular flexibility index (Phi) is 4.11. The first-order chi connectivity index (χ1) is 9.41. The fraction of sp³-hybridized carbons (Fsp3) is 0.182. The van der Waals surface area contributed by atoms with E-state index in [1.54, 1.807) is 6.07 Å². The highest BCUT2D eigenvalue weighted by Gasteiger charge is 2.34. The lowest BCUT2D eigenvalue weighted by molar-refractivity contribution is -0.139. The molecule has 104 valence electrons. The first-order valence-corrected chi connectivity index (χ1v) is 6.28. The summed E-state index contributed by atoms with van der Waals surface area (Å²) in [4.78, 5) is 0. The number of alkyl halides is 3. The van der Waals surface area contributed by atoms with E-state index in [0.717, 1.165) is 23.7 Å². The van der Waals surface area contributed by atoms with Gasteiger partial charge >= 0.3 is 6.18 Å². The number of hydrogen-bond donors (Lipinski definition) is 0. The molecule has 2 rings (SSSR count). The molecule has 0 spiro atoms. The van der Waals surface area contributed by atoms with Crippen molar-refractivity contribution >= 4 is 23.1 Å². The predicted octanol–water partition coefficient (Wildman–Crippen LogP) is 3.66. The van der Waals surface area contributed by atoms with Crippen molar-refractivity contribution in [2.24, 2.45) is 0 Å². The molecule has 0 saturated heterocycles. The van der Waals surface area contributed by atoms with Crippen LogP contribution in [0.15, 0.2) is 18.2 Å². The molecule has 0 amide bonds. The molecule has 0 aliphatic carbocycles. The molecule has 2 aromatic rings. The second kappa shape index (κ2) is 5.64. The largest absolute Gasteiger partial charge is 0.486 e. The van der Waals surface area contributed by atoms with Crippen molar-refractivity contribution in [3.8, 4) is 11.8 Å². The van der Waals surface area contributed by atoms with Crippen molar-refractivity contribution in [3.05, 3.63) is 39.4 Å². The van der Waals surface area contributed by atoms with Crippen molar-refractivity contribution in [2.45, 2.75) is 12.8 Å². The standard InChI is InChI=1S/C11H5ClF3N3OS/c12-10-8(17-18-20-10)5-19-9-2-1-6(4-16)3-7(9)11(13,14)15/h1-3H,5H2. The molecule has 0 radical (unpaired) electrons. The third kappa shape index (κ3) is 3.18. The van der Waals surface area contributed by atoms with Gasteiger partial charge in [-0.1, -0.05) is 16.1 Å². The highest BCUT2D eigenvalue weighted by Crippen LogP contribution is 2.37. The molecule has 0 unspecified atom stereocenters. The van der Waals surface area contributed by atoms with E-state index in [1.165, 1.54) is 6.07 Å². The molecule has 0 fully saturated rings. The summed E-state index contributed by atoms with van der Waals surface area (Å²) in [6.07, 6.45) is -4.62. The number of benzene rings is 1. The number of hydrogen-bond acceptors (Lipinski definition) is 5. The Hall–Kier alpha value is -1.85. The fourth-order valence-corrected chi connectivity index (χ4v) is 1.98. The maximum Gasteiger partial charge on any atom is 0.420 e. The van der Waals surface area contributed by atoms with E-state index in [4.69, 9.17) is 21.6 Å². The first-order valence-electron chi connectivity index (χ1n) is 5.12. The summed E-state index contributed by atoms with van der Waals surface area (Å²) >= 11 is 6.65. The highest BCUT2D eigenvalue weighted by molar-refractivity contribution is 7.10. The minimum Gasteiger partial charge on any atom is -0.486 e. The van der Waals surface area contributed by atoms with Crippen LogP contribution in [0.2, 0.25) is 4.34 Å². The van der Waals surface area contributed by atoms with Gasteiger partial charge in [-0.15, -0.1) is 5.10 Å². The van der Waals surface area contributed by atoms with Gasteiger partial charge in [0.25, 0.3) is 0 Å². The quantitative estimate of drug-likeness (QED) is 0.866. The number of rotatable bonds is 3. The Bertz CT molecular complexity index is 666. The number of halogens is 4. The Morgan fingerprint density at radius 2 is 2.15 bits per heavy atom. The van der Waals surface area contributed by atoms with Gasteiger partial charge in [0, 0.05) is 11.5 Å². The van der Waals surface area contributed by atoms with Crippen molar-refractivity contribution in [1.82, 2.24) is 9.59 Å². The zero-order valence-electron chi connectivity index (χ0n) is 9.61. The molecule has 20 heavy (non-hydrogen) atoms. The summed E-state index contributed by atoms with van der Waals surface area (Å²) in [7, 11) is 0. The van der Waals surface area contributed by atoms with Crippen LogP contribution >= 0.6 is 23.1 Å². The smallest absolute Gasteiger partial charge is 0.420 e. The Morgan fingerprint density at radius 3 is 2.70 bits per heavy atom. The monoisotopic (exact) mass is 319 g/mol. The van der Waals surface area contributed by atoms with Gasteiger partial charge in [-0.3, -0.25) is 0 Å². The van der Waals surface area contributed by atoms with Gasteiger partial charge in [0.2, 0.25) is 0 Å². The van der Waals surface area contributed by atoms with Crippen LogP contribution in [-0.2, 0) is 12.8 Å². The van der Waals surface area contributed by atoms with E-state index in [0.29, 0.717) is 0 Å². The van der Waals surface area contributed by atoms with Gasteiger partial charge in [0.1, 0.15) is 22.4 Å². The van der Waals surface area contributed by atoms with E-state index in [2.05, 4.69) is 9.59 Å². The average molecular weight is 320 g/mol. The number of ether oxygens (including phenoxy) is 1. The van der Waals surface area contributed by atoms with Crippen LogP contribution in [0, 0.1) is 11.3 Å². The summed E-state index contributed by atoms with van der Waals surface area (Å²) in [6.45, 7) is -0.232. The maximum absolute atomic E-state index is 12.9. The molecule has 0 N–H and O–H groups in total. The maximum atomic E-state index is 12.9. The van der Waals surface area contributed by atoms with Crippen molar-refractivity contribution in [3.63, 3.8) is 0 Å². The Balaban J connectivity index is 2.28. The predicted molar refractivity (Wildman–Crippen MR) is 65.4 cm³/mol. The lowest BCUT2D eigenvalue weighted by Gasteiger charge is -2.13. The van der Waals surface area contributed by atoms with Crippen molar-refractivity contribution < 1.29 is 17.9 Å². The zero-order chi connectivity index (χ0) is 14.8. The van der Waals surface area contributed by atoms with E-state index in [9.17, 15) is 13.2 Å². The minimum atomic E-state index is -4.62. The van der Waals surface area contributed by atoms with E-state index >= 15 is 0 Å². The van der Waals surface area contributed by atoms with Gasteiger partial charge < -0.3 is 4.74 Å². The van der Waals surface area contributed by atoms with Gasteiger partial charge in [-0.2, -0.15) is 18.4 Å². The third-order valence-electron chi connectivity index (χ3n) is 2.29. The minimum absolute atomic E-state index is 0.0990. The molecule has 0 aliphatic heterocycles. The van der Waals surface area contributed by atoms with E-state index < -0.39 is 11.7 Å². The number of aromatic nitrogens is 2. The highest BCUT2D eigenvalue weighted by atomic mass is 35.5. The molecule has 0 atom stereocenters. The van der Waals surface area contributed by atoms with Crippen LogP contribution in [0.25, 0.3) is 0 Å². The Labute approximate surface area is 120 Å². The SMILES string of the molecule is N#Cc1ccc(OCc2nnsc2Cl)c(C(F)(F)F)c1. The molecular weight excluding hydrogens is 315 g/mol. The van der Waals surface area contributed by atoms with E-state index in [1.807, 2.05) is 0 Å². The average Bonchev–Trinajstić information content (AvgIpc) is 2.80. The molecule has 0 bridgehead atoms. The second-order valence-electron chi connectivity index (χ2n) is 3.60. The van der Waals surface area contributed by atoms with Crippen molar-refractivity contribution in [1.29, 1.82) is 5.26 Å². The molecular formula is C11H5ClF3N3OS. The van der Waals surface area contributed by atoms with Crippen LogP contribution in [0.3, 0.4) is 0 Å². The normalized spacial score (nSPS) is 11.2. The molecule has 9 heteroatoms. The molecule has 4 nitrogen and oxygen atoms in total. The molecule has 0 saturated carbocycles. The third-order valence-corrected chi connectivity index (χ3v) is 3.27. The van der Waals surface area contributed by atoms with Gasteiger partial charge in [0.05, 0.1) is 17.2 Å². The fourth-order valence-electron chi connectivity index (χ4n) is 1.38. The summed E-state index contributed by atoms with van der Waals surface area (Å²) in [6, 6.07) is 4.71. The summed E-state index contributed by atoms with van der Waals surface area (Å²) in [5, 5.41) is 12.3. The zero-order valence-corrected chi connectivity index (χ0v) is 11.2. The molecule has 1 aromatic carbocycles. The molecule has 0 aliphatic rings. The first kappa shape index (κ1) is 14.6. The van der Waals surface area contributed by atoms with Crippen LogP contribution in [-0.4, -0.2) is 9.59 Å². The number of nitriles is 1. The van der Waals surface area contributed by atoms with E-state index in [-0.39, 0.29) is 28.0 Å². The Morgan fingerprint density at radius 1 is 1.40 bits per heavy atom. The van der Waals surface area contributed by atoms with Crippen LogP contribution < -0.4 is 4.74 Å². The van der Waals surface area contributed by atoms with Crippen LogP contribution in [0.5, 0.6) is 5.75 Å². The summed E-state index contributed by atoms with van der Waals surface area (Å²) in [5.74, 6) is -0.388. The molecule has 1 heterocycles.